The van der Waals surface area contributed by atoms with Crippen LogP contribution in [0.2, 0.25) is 0 Å². The minimum absolute atomic E-state index is 0.0945. The molecule has 4 N–H and O–H groups in total. The molecule has 1 aliphatic rings. The Morgan fingerprint density at radius 1 is 1.26 bits per heavy atom. The minimum Gasteiger partial charge on any atom is -0.356 e. The van der Waals surface area contributed by atoms with Gasteiger partial charge in [0.1, 0.15) is 17.8 Å². The largest absolute Gasteiger partial charge is 0.356 e. The fourth-order valence-electron chi connectivity index (χ4n) is 3.45. The van der Waals surface area contributed by atoms with Crippen LogP contribution in [0.5, 0.6) is 0 Å². The van der Waals surface area contributed by atoms with E-state index in [9.17, 15) is 19.6 Å². The summed E-state index contributed by atoms with van der Waals surface area (Å²) in [6.07, 6.45) is 1.28. The maximum Gasteiger partial charge on any atom is 0.269 e. The van der Waals surface area contributed by atoms with Gasteiger partial charge in [-0.2, -0.15) is 10.4 Å². The Hall–Kier alpha value is -2.89. The molecule has 1 aromatic rings. The number of rotatable bonds is 7. The van der Waals surface area contributed by atoms with Crippen LogP contribution in [-0.2, 0) is 15.0 Å². The molecule has 0 radical (unpaired) electrons. The van der Waals surface area contributed by atoms with Crippen molar-refractivity contribution < 1.29 is 14.4 Å². The second-order valence-electron chi connectivity index (χ2n) is 10.4. The molecule has 1 saturated heterocycles. The molecule has 170 valence electrons. The van der Waals surface area contributed by atoms with Gasteiger partial charge in [-0.1, -0.05) is 41.5 Å². The van der Waals surface area contributed by atoms with Crippen LogP contribution >= 0.6 is 0 Å². The molecule has 9 nitrogen and oxygen atoms in total. The number of nitriles is 1. The van der Waals surface area contributed by atoms with Crippen LogP contribution in [0.4, 0.5) is 0 Å². The summed E-state index contributed by atoms with van der Waals surface area (Å²) in [7, 11) is 0. The van der Waals surface area contributed by atoms with E-state index in [2.05, 4.69) is 32.2 Å². The van der Waals surface area contributed by atoms with E-state index >= 15 is 0 Å². The zero-order chi connectivity index (χ0) is 23.4. The van der Waals surface area contributed by atoms with Crippen molar-refractivity contribution in [3.63, 3.8) is 0 Å². The number of amides is 3. The third-order valence-corrected chi connectivity index (χ3v) is 5.18. The molecule has 0 unspecified atom stereocenters. The average molecular weight is 431 g/mol. The van der Waals surface area contributed by atoms with Crippen molar-refractivity contribution in [2.75, 3.05) is 6.54 Å². The molecule has 0 aliphatic carbocycles. The minimum atomic E-state index is -0.831. The maximum atomic E-state index is 13.0. The van der Waals surface area contributed by atoms with Gasteiger partial charge >= 0.3 is 0 Å². The Balaban J connectivity index is 2.10. The third-order valence-electron chi connectivity index (χ3n) is 5.18. The molecule has 2 heterocycles. The van der Waals surface area contributed by atoms with Crippen molar-refractivity contribution in [1.82, 2.24) is 26.1 Å². The number of carbonyl (C=O) groups excluding carboxylic acids is 3. The van der Waals surface area contributed by atoms with E-state index in [0.29, 0.717) is 19.4 Å². The van der Waals surface area contributed by atoms with Crippen LogP contribution in [0.3, 0.4) is 0 Å². The summed E-state index contributed by atoms with van der Waals surface area (Å²) >= 11 is 0. The first-order valence-corrected chi connectivity index (χ1v) is 10.6. The van der Waals surface area contributed by atoms with Gasteiger partial charge in [-0.15, -0.1) is 0 Å². The standard InChI is InChI=1S/C22H34N6O3/c1-21(2,3)11-16(26-19(30)15-10-17(28-27-15)22(4,5)6)20(31)25-14(12-23)9-13-7-8-24-18(13)29/h10,13-14,16H,7-9,11H2,1-6H3,(H,24,29)(H,25,31)(H,26,30)(H,27,28)/t13-,14-,16-/m0/s1. The Kier molecular flexibility index (Phi) is 7.47. The zero-order valence-corrected chi connectivity index (χ0v) is 19.3. The number of aromatic amines is 1. The lowest BCUT2D eigenvalue weighted by molar-refractivity contribution is -0.125. The van der Waals surface area contributed by atoms with Crippen molar-refractivity contribution in [2.24, 2.45) is 11.3 Å². The molecule has 2 rings (SSSR count). The first-order chi connectivity index (χ1) is 14.3. The first kappa shape index (κ1) is 24.4. The monoisotopic (exact) mass is 430 g/mol. The fraction of sp³-hybridized carbons (Fsp3) is 0.682. The molecule has 9 heteroatoms. The summed E-state index contributed by atoms with van der Waals surface area (Å²) in [6.45, 7) is 12.5. The van der Waals surface area contributed by atoms with E-state index in [1.54, 1.807) is 6.07 Å². The van der Waals surface area contributed by atoms with Gasteiger partial charge in [0, 0.05) is 17.9 Å². The lowest BCUT2D eigenvalue weighted by Crippen LogP contribution is -2.51. The Morgan fingerprint density at radius 3 is 2.42 bits per heavy atom. The zero-order valence-electron chi connectivity index (χ0n) is 19.3. The molecule has 1 aliphatic heterocycles. The second-order valence-corrected chi connectivity index (χ2v) is 10.4. The number of carbonyl (C=O) groups is 3. The summed E-state index contributed by atoms with van der Waals surface area (Å²) in [5.74, 6) is -1.26. The summed E-state index contributed by atoms with van der Waals surface area (Å²) in [5, 5.41) is 24.6. The van der Waals surface area contributed by atoms with Crippen molar-refractivity contribution in [3.05, 3.63) is 17.5 Å². The van der Waals surface area contributed by atoms with Gasteiger partial charge in [-0.25, -0.2) is 0 Å². The predicted octanol–water partition coefficient (Wildman–Crippen LogP) is 1.78. The van der Waals surface area contributed by atoms with Crippen molar-refractivity contribution >= 4 is 17.7 Å². The van der Waals surface area contributed by atoms with E-state index in [1.807, 2.05) is 41.5 Å². The molecule has 0 bridgehead atoms. The lowest BCUT2D eigenvalue weighted by atomic mass is 9.87. The van der Waals surface area contributed by atoms with E-state index in [-0.39, 0.29) is 34.8 Å². The summed E-state index contributed by atoms with van der Waals surface area (Å²) in [6, 6.07) is 2.10. The van der Waals surface area contributed by atoms with Crippen molar-refractivity contribution in [3.8, 4) is 6.07 Å². The molecule has 0 saturated carbocycles. The van der Waals surface area contributed by atoms with Crippen LogP contribution in [0.15, 0.2) is 6.07 Å². The predicted molar refractivity (Wildman–Crippen MR) is 116 cm³/mol. The molecule has 0 aromatic carbocycles. The first-order valence-electron chi connectivity index (χ1n) is 10.6. The highest BCUT2D eigenvalue weighted by Crippen LogP contribution is 2.23. The van der Waals surface area contributed by atoms with Crippen molar-refractivity contribution in [2.45, 2.75) is 78.3 Å². The molecule has 31 heavy (non-hydrogen) atoms. The van der Waals surface area contributed by atoms with Crippen molar-refractivity contribution in [1.29, 1.82) is 5.26 Å². The number of H-pyrrole nitrogens is 1. The molecular formula is C22H34N6O3. The Bertz CT molecular complexity index is 856. The molecule has 3 atom stereocenters. The highest BCUT2D eigenvalue weighted by molar-refractivity contribution is 5.96. The van der Waals surface area contributed by atoms with Crippen LogP contribution in [-0.4, -0.2) is 46.5 Å². The molecule has 0 spiro atoms. The van der Waals surface area contributed by atoms with Gasteiger partial charge in [0.25, 0.3) is 5.91 Å². The number of nitrogens with one attached hydrogen (secondary N) is 4. The molecule has 1 aromatic heterocycles. The van der Waals surface area contributed by atoms with E-state index in [1.165, 1.54) is 0 Å². The summed E-state index contributed by atoms with van der Waals surface area (Å²) < 4.78 is 0. The highest BCUT2D eigenvalue weighted by atomic mass is 16.2. The Morgan fingerprint density at radius 2 is 1.94 bits per heavy atom. The molecular weight excluding hydrogens is 396 g/mol. The SMILES string of the molecule is CC(C)(C)C[C@H](NC(=O)c1cc(C(C)(C)C)n[nH]1)C(=O)N[C@H](C#N)C[C@@H]1CCNC1=O. The quantitative estimate of drug-likeness (QED) is 0.522. The lowest BCUT2D eigenvalue weighted by Gasteiger charge is -2.27. The van der Waals surface area contributed by atoms with Gasteiger partial charge < -0.3 is 16.0 Å². The van der Waals surface area contributed by atoms with Gasteiger partial charge in [0.15, 0.2) is 0 Å². The van der Waals surface area contributed by atoms with Crippen LogP contribution < -0.4 is 16.0 Å². The van der Waals surface area contributed by atoms with Gasteiger partial charge in [-0.05, 0) is 30.7 Å². The number of hydrogen-bond donors (Lipinski definition) is 4. The van der Waals surface area contributed by atoms with Gasteiger partial charge in [-0.3, -0.25) is 19.5 Å². The normalized spacial score (nSPS) is 18.6. The number of nitrogens with zero attached hydrogens (tertiary/aromatic N) is 2. The van der Waals surface area contributed by atoms with Crippen LogP contribution in [0.25, 0.3) is 0 Å². The average Bonchev–Trinajstić information content (AvgIpc) is 3.28. The smallest absolute Gasteiger partial charge is 0.269 e. The third kappa shape index (κ3) is 7.09. The molecule has 3 amide bonds. The molecule has 1 fully saturated rings. The fourth-order valence-corrected chi connectivity index (χ4v) is 3.45. The summed E-state index contributed by atoms with van der Waals surface area (Å²) in [5.41, 5.74) is 0.557. The maximum absolute atomic E-state index is 13.0. The highest BCUT2D eigenvalue weighted by Gasteiger charge is 2.32. The van der Waals surface area contributed by atoms with E-state index in [0.717, 1.165) is 5.69 Å². The number of hydrogen-bond acceptors (Lipinski definition) is 5. The van der Waals surface area contributed by atoms with Gasteiger partial charge in [0.2, 0.25) is 11.8 Å². The number of aromatic nitrogens is 2. The topological polar surface area (TPSA) is 140 Å². The van der Waals surface area contributed by atoms with E-state index in [4.69, 9.17) is 0 Å². The van der Waals surface area contributed by atoms with Crippen LogP contribution in [0, 0.1) is 22.7 Å². The van der Waals surface area contributed by atoms with E-state index < -0.39 is 23.9 Å². The Labute approximate surface area is 183 Å². The second kappa shape index (κ2) is 9.50. The van der Waals surface area contributed by atoms with Crippen LogP contribution in [0.1, 0.15) is 77.0 Å². The summed E-state index contributed by atoms with van der Waals surface area (Å²) in [4.78, 5) is 37.6. The van der Waals surface area contributed by atoms with Gasteiger partial charge in [0.05, 0.1) is 11.8 Å².